The Labute approximate surface area is 114 Å². The predicted octanol–water partition coefficient (Wildman–Crippen LogP) is 3.91. The van der Waals surface area contributed by atoms with E-state index in [1.165, 1.54) is 0 Å². The Hall–Kier alpha value is -1.71. The van der Waals surface area contributed by atoms with Gasteiger partial charge in [0.05, 0.1) is 16.7 Å². The Morgan fingerprint density at radius 1 is 1.00 bits per heavy atom. The Morgan fingerprint density at radius 3 is 2.56 bits per heavy atom. The monoisotopic (exact) mass is 277 g/mol. The van der Waals surface area contributed by atoms with Gasteiger partial charge in [0, 0.05) is 10.0 Å². The number of nitrogen functional groups attached to an aromatic ring is 1. The lowest BCUT2D eigenvalue weighted by atomic mass is 10.3. The van der Waals surface area contributed by atoms with E-state index in [-0.39, 0.29) is 0 Å². The first-order valence-electron chi connectivity index (χ1n) is 5.34. The van der Waals surface area contributed by atoms with Crippen LogP contribution in [0.25, 0.3) is 16.7 Å². The Balaban J connectivity index is 2.32. The standard InChI is InChI=1S/C13H9Cl2N3/c14-8-2-1-3-10(6-8)18-12-5-4-9(15)7-11(12)17-13(18)16/h1-7H,(H2,16,17). The van der Waals surface area contributed by atoms with Crippen molar-refractivity contribution in [2.24, 2.45) is 0 Å². The van der Waals surface area contributed by atoms with Crippen LogP contribution in [0.4, 0.5) is 5.95 Å². The molecule has 0 saturated carbocycles. The lowest BCUT2D eigenvalue weighted by Gasteiger charge is -2.06. The van der Waals surface area contributed by atoms with Crippen molar-refractivity contribution in [2.75, 3.05) is 5.73 Å². The molecule has 0 aliphatic heterocycles. The van der Waals surface area contributed by atoms with E-state index in [2.05, 4.69) is 4.98 Å². The van der Waals surface area contributed by atoms with Crippen molar-refractivity contribution < 1.29 is 0 Å². The summed E-state index contributed by atoms with van der Waals surface area (Å²) in [6, 6.07) is 12.9. The molecule has 18 heavy (non-hydrogen) atoms. The third kappa shape index (κ3) is 1.82. The first-order chi connectivity index (χ1) is 8.65. The molecule has 0 aliphatic rings. The molecule has 1 heterocycles. The maximum Gasteiger partial charge on any atom is 0.205 e. The zero-order valence-electron chi connectivity index (χ0n) is 9.27. The van der Waals surface area contributed by atoms with Crippen LogP contribution in [0.1, 0.15) is 0 Å². The third-order valence-electron chi connectivity index (χ3n) is 2.71. The molecular formula is C13H9Cl2N3. The first-order valence-corrected chi connectivity index (χ1v) is 6.10. The smallest absolute Gasteiger partial charge is 0.205 e. The number of benzene rings is 2. The normalized spacial score (nSPS) is 11.0. The van der Waals surface area contributed by atoms with Crippen LogP contribution in [-0.4, -0.2) is 9.55 Å². The van der Waals surface area contributed by atoms with Crippen LogP contribution in [0.15, 0.2) is 42.5 Å². The van der Waals surface area contributed by atoms with Gasteiger partial charge in [0.25, 0.3) is 0 Å². The van der Waals surface area contributed by atoms with Gasteiger partial charge >= 0.3 is 0 Å². The number of hydrogen-bond donors (Lipinski definition) is 1. The molecule has 3 aromatic rings. The minimum Gasteiger partial charge on any atom is -0.369 e. The summed E-state index contributed by atoms with van der Waals surface area (Å²) in [6.45, 7) is 0. The number of nitrogens with two attached hydrogens (primary N) is 1. The lowest BCUT2D eigenvalue weighted by Crippen LogP contribution is -2.00. The van der Waals surface area contributed by atoms with Gasteiger partial charge in [-0.3, -0.25) is 4.57 Å². The molecule has 0 aliphatic carbocycles. The fourth-order valence-electron chi connectivity index (χ4n) is 1.96. The van der Waals surface area contributed by atoms with E-state index < -0.39 is 0 Å². The Kier molecular flexibility index (Phi) is 2.65. The number of anilines is 1. The Morgan fingerprint density at radius 2 is 1.78 bits per heavy atom. The van der Waals surface area contributed by atoms with E-state index in [1.54, 1.807) is 6.07 Å². The summed E-state index contributed by atoms with van der Waals surface area (Å²) in [5.41, 5.74) is 8.50. The summed E-state index contributed by atoms with van der Waals surface area (Å²) in [4.78, 5) is 4.29. The minimum atomic E-state index is 0.412. The summed E-state index contributed by atoms with van der Waals surface area (Å²) in [5.74, 6) is 0.412. The molecule has 2 N–H and O–H groups in total. The molecule has 1 aromatic heterocycles. The highest BCUT2D eigenvalue weighted by Crippen LogP contribution is 2.26. The zero-order chi connectivity index (χ0) is 12.7. The second-order valence-electron chi connectivity index (χ2n) is 3.92. The average Bonchev–Trinajstić information content (AvgIpc) is 2.64. The summed E-state index contributed by atoms with van der Waals surface area (Å²) in [5, 5.41) is 1.29. The van der Waals surface area contributed by atoms with Crippen LogP contribution >= 0.6 is 23.2 Å². The van der Waals surface area contributed by atoms with Gasteiger partial charge in [-0.2, -0.15) is 0 Å². The molecule has 2 aromatic carbocycles. The quantitative estimate of drug-likeness (QED) is 0.733. The van der Waals surface area contributed by atoms with Gasteiger partial charge in [0.1, 0.15) is 0 Å². The molecule has 0 radical (unpaired) electrons. The van der Waals surface area contributed by atoms with Gasteiger partial charge in [-0.05, 0) is 36.4 Å². The average molecular weight is 278 g/mol. The second kappa shape index (κ2) is 4.19. The van der Waals surface area contributed by atoms with Gasteiger partial charge in [0.2, 0.25) is 5.95 Å². The maximum atomic E-state index is 5.99. The molecule has 5 heteroatoms. The van der Waals surface area contributed by atoms with Crippen LogP contribution in [0.2, 0.25) is 10.0 Å². The van der Waals surface area contributed by atoms with E-state index in [9.17, 15) is 0 Å². The second-order valence-corrected chi connectivity index (χ2v) is 4.79. The van der Waals surface area contributed by atoms with Crippen molar-refractivity contribution in [2.45, 2.75) is 0 Å². The molecule has 0 fully saturated rings. The van der Waals surface area contributed by atoms with Gasteiger partial charge in [-0.1, -0.05) is 29.3 Å². The molecular weight excluding hydrogens is 269 g/mol. The predicted molar refractivity (Wildman–Crippen MR) is 75.5 cm³/mol. The van der Waals surface area contributed by atoms with Crippen LogP contribution < -0.4 is 5.73 Å². The van der Waals surface area contributed by atoms with Gasteiger partial charge in [0.15, 0.2) is 0 Å². The number of hydrogen-bond acceptors (Lipinski definition) is 2. The van der Waals surface area contributed by atoms with Crippen molar-refractivity contribution in [3.8, 4) is 5.69 Å². The summed E-state index contributed by atoms with van der Waals surface area (Å²) in [7, 11) is 0. The van der Waals surface area contributed by atoms with Gasteiger partial charge in [-0.25, -0.2) is 4.98 Å². The van der Waals surface area contributed by atoms with Crippen molar-refractivity contribution in [3.05, 3.63) is 52.5 Å². The fourth-order valence-corrected chi connectivity index (χ4v) is 2.31. The van der Waals surface area contributed by atoms with Crippen LogP contribution in [0, 0.1) is 0 Å². The van der Waals surface area contributed by atoms with E-state index in [0.717, 1.165) is 16.7 Å². The topological polar surface area (TPSA) is 43.8 Å². The van der Waals surface area contributed by atoms with Crippen LogP contribution in [0.3, 0.4) is 0 Å². The number of imidazole rings is 1. The first kappa shape index (κ1) is 11.4. The third-order valence-corrected chi connectivity index (χ3v) is 3.18. The molecule has 3 rings (SSSR count). The van der Waals surface area contributed by atoms with E-state index >= 15 is 0 Å². The largest absolute Gasteiger partial charge is 0.369 e. The summed E-state index contributed by atoms with van der Waals surface area (Å²) >= 11 is 11.9. The van der Waals surface area contributed by atoms with Crippen LogP contribution in [0.5, 0.6) is 0 Å². The Bertz CT molecular complexity index is 734. The number of fused-ring (bicyclic) bond motifs is 1. The molecule has 3 nitrogen and oxygen atoms in total. The molecule has 90 valence electrons. The van der Waals surface area contributed by atoms with Crippen molar-refractivity contribution in [1.29, 1.82) is 0 Å². The van der Waals surface area contributed by atoms with Crippen molar-refractivity contribution in [3.63, 3.8) is 0 Å². The summed E-state index contributed by atoms with van der Waals surface area (Å²) < 4.78 is 1.84. The van der Waals surface area contributed by atoms with Crippen LogP contribution in [-0.2, 0) is 0 Å². The van der Waals surface area contributed by atoms with Crippen molar-refractivity contribution >= 4 is 40.2 Å². The fraction of sp³-hybridized carbons (Fsp3) is 0. The molecule has 0 spiro atoms. The maximum absolute atomic E-state index is 5.99. The SMILES string of the molecule is Nc1nc2cc(Cl)ccc2n1-c1cccc(Cl)c1. The highest BCUT2D eigenvalue weighted by molar-refractivity contribution is 6.31. The number of aromatic nitrogens is 2. The minimum absolute atomic E-state index is 0.412. The zero-order valence-corrected chi connectivity index (χ0v) is 10.8. The van der Waals surface area contributed by atoms with E-state index in [1.807, 2.05) is 41.0 Å². The molecule has 0 bridgehead atoms. The molecule has 0 atom stereocenters. The lowest BCUT2D eigenvalue weighted by molar-refractivity contribution is 1.11. The van der Waals surface area contributed by atoms with E-state index in [0.29, 0.717) is 16.0 Å². The van der Waals surface area contributed by atoms with Crippen molar-refractivity contribution in [1.82, 2.24) is 9.55 Å². The number of rotatable bonds is 1. The molecule has 0 unspecified atom stereocenters. The number of nitrogens with zero attached hydrogens (tertiary/aromatic N) is 2. The summed E-state index contributed by atoms with van der Waals surface area (Å²) in [6.07, 6.45) is 0. The number of halogens is 2. The molecule has 0 amide bonds. The van der Waals surface area contributed by atoms with E-state index in [4.69, 9.17) is 28.9 Å². The van der Waals surface area contributed by atoms with Gasteiger partial charge in [-0.15, -0.1) is 0 Å². The highest BCUT2D eigenvalue weighted by Gasteiger charge is 2.10. The van der Waals surface area contributed by atoms with Gasteiger partial charge < -0.3 is 5.73 Å². The molecule has 0 saturated heterocycles. The highest BCUT2D eigenvalue weighted by atomic mass is 35.5.